The first-order valence-corrected chi connectivity index (χ1v) is 8.70. The number of carbonyl (C=O) groups is 2. The minimum Gasteiger partial charge on any atom is -0.385 e. The number of hydrogen-bond donors (Lipinski definition) is 3. The number of fused-ring (bicyclic) bond motifs is 1. The molecule has 0 aromatic carbocycles. The van der Waals surface area contributed by atoms with Crippen molar-refractivity contribution in [1.29, 1.82) is 0 Å². The number of ether oxygens (including phenoxy) is 1. The molecular formula is C14H25N3O3S. The lowest BCUT2D eigenvalue weighted by Gasteiger charge is -2.16. The average molecular weight is 315 g/mol. The zero-order valence-corrected chi connectivity index (χ0v) is 13.3. The lowest BCUT2D eigenvalue weighted by molar-refractivity contribution is -0.121. The topological polar surface area (TPSA) is 79.5 Å². The van der Waals surface area contributed by atoms with Crippen molar-refractivity contribution in [3.63, 3.8) is 0 Å². The van der Waals surface area contributed by atoms with Crippen LogP contribution in [0.2, 0.25) is 0 Å². The minimum atomic E-state index is -0.0364. The third-order valence-electron chi connectivity index (χ3n) is 3.93. The van der Waals surface area contributed by atoms with E-state index in [4.69, 9.17) is 4.74 Å². The van der Waals surface area contributed by atoms with E-state index in [1.54, 1.807) is 7.11 Å². The number of amides is 3. The van der Waals surface area contributed by atoms with E-state index < -0.39 is 0 Å². The molecule has 2 saturated heterocycles. The molecule has 7 heteroatoms. The molecule has 2 heterocycles. The van der Waals surface area contributed by atoms with Crippen molar-refractivity contribution in [1.82, 2.24) is 16.0 Å². The molecule has 3 atom stereocenters. The molecule has 0 spiro atoms. The summed E-state index contributed by atoms with van der Waals surface area (Å²) in [5, 5.41) is 9.32. The summed E-state index contributed by atoms with van der Waals surface area (Å²) in [6.45, 7) is 1.37. The lowest BCUT2D eigenvalue weighted by atomic mass is 10.0. The van der Waals surface area contributed by atoms with Crippen molar-refractivity contribution >= 4 is 23.7 Å². The van der Waals surface area contributed by atoms with Crippen LogP contribution in [0.15, 0.2) is 0 Å². The maximum Gasteiger partial charge on any atom is 0.315 e. The highest BCUT2D eigenvalue weighted by atomic mass is 32.2. The number of carbonyl (C=O) groups excluding carboxylic acids is 2. The Morgan fingerprint density at radius 3 is 3.05 bits per heavy atom. The molecule has 0 aromatic heterocycles. The minimum absolute atomic E-state index is 0.0364. The fourth-order valence-electron chi connectivity index (χ4n) is 2.81. The molecule has 0 bridgehead atoms. The van der Waals surface area contributed by atoms with Gasteiger partial charge in [0.05, 0.1) is 12.1 Å². The summed E-state index contributed by atoms with van der Waals surface area (Å²) in [5.74, 6) is 1.12. The van der Waals surface area contributed by atoms with Gasteiger partial charge >= 0.3 is 6.03 Å². The Bertz CT molecular complexity index is 367. The zero-order valence-electron chi connectivity index (χ0n) is 12.5. The van der Waals surface area contributed by atoms with Crippen molar-refractivity contribution in [3.05, 3.63) is 0 Å². The van der Waals surface area contributed by atoms with Gasteiger partial charge in [-0.15, -0.1) is 0 Å². The lowest BCUT2D eigenvalue weighted by Crippen LogP contribution is -2.36. The van der Waals surface area contributed by atoms with E-state index in [1.807, 2.05) is 11.8 Å². The van der Waals surface area contributed by atoms with Crippen LogP contribution in [-0.4, -0.2) is 55.3 Å². The number of urea groups is 1. The molecule has 2 aliphatic heterocycles. The van der Waals surface area contributed by atoms with E-state index in [1.165, 1.54) is 0 Å². The molecule has 0 radical (unpaired) electrons. The molecule has 0 saturated carbocycles. The fourth-order valence-corrected chi connectivity index (χ4v) is 4.35. The fraction of sp³-hybridized carbons (Fsp3) is 0.857. The maximum atomic E-state index is 11.6. The van der Waals surface area contributed by atoms with Crippen LogP contribution in [-0.2, 0) is 9.53 Å². The predicted molar refractivity (Wildman–Crippen MR) is 83.5 cm³/mol. The highest BCUT2D eigenvalue weighted by Crippen LogP contribution is 2.33. The van der Waals surface area contributed by atoms with E-state index >= 15 is 0 Å². The summed E-state index contributed by atoms with van der Waals surface area (Å²) in [6.07, 6.45) is 4.44. The maximum absolute atomic E-state index is 11.6. The number of thioether (sulfide) groups is 1. The van der Waals surface area contributed by atoms with E-state index in [2.05, 4.69) is 16.0 Å². The number of hydrogen-bond acceptors (Lipinski definition) is 4. The van der Waals surface area contributed by atoms with Crippen LogP contribution in [0.3, 0.4) is 0 Å². The van der Waals surface area contributed by atoms with Gasteiger partial charge in [-0.1, -0.05) is 6.42 Å². The molecule has 2 aliphatic rings. The Kier molecular flexibility index (Phi) is 6.63. The van der Waals surface area contributed by atoms with Crippen molar-refractivity contribution in [3.8, 4) is 0 Å². The Balaban J connectivity index is 1.52. The number of unbranched alkanes of at least 4 members (excludes halogenated alkanes) is 1. The Labute approximate surface area is 130 Å². The average Bonchev–Trinajstić information content (AvgIpc) is 2.99. The second-order valence-corrected chi connectivity index (χ2v) is 6.84. The van der Waals surface area contributed by atoms with Crippen molar-refractivity contribution in [2.24, 2.45) is 0 Å². The second kappa shape index (κ2) is 8.48. The van der Waals surface area contributed by atoms with Gasteiger partial charge in [-0.05, 0) is 19.3 Å². The summed E-state index contributed by atoms with van der Waals surface area (Å²) in [4.78, 5) is 22.9. The van der Waals surface area contributed by atoms with Crippen LogP contribution in [0.1, 0.15) is 32.1 Å². The molecule has 0 aromatic rings. The summed E-state index contributed by atoms with van der Waals surface area (Å²) in [7, 11) is 1.66. The van der Waals surface area contributed by atoms with Gasteiger partial charge in [-0.25, -0.2) is 4.79 Å². The molecule has 3 amide bonds. The Hall–Kier alpha value is -0.950. The van der Waals surface area contributed by atoms with Crippen LogP contribution in [0.4, 0.5) is 4.79 Å². The molecule has 2 rings (SSSR count). The van der Waals surface area contributed by atoms with E-state index in [0.717, 1.165) is 31.4 Å². The number of methoxy groups -OCH3 is 1. The van der Waals surface area contributed by atoms with Gasteiger partial charge in [0.25, 0.3) is 0 Å². The third kappa shape index (κ3) is 5.07. The largest absolute Gasteiger partial charge is 0.385 e. The van der Waals surface area contributed by atoms with E-state index in [-0.39, 0.29) is 24.0 Å². The predicted octanol–water partition coefficient (Wildman–Crippen LogP) is 0.865. The van der Waals surface area contributed by atoms with Crippen LogP contribution in [0, 0.1) is 0 Å². The van der Waals surface area contributed by atoms with Gasteiger partial charge in [0, 0.05) is 37.7 Å². The van der Waals surface area contributed by atoms with Crippen LogP contribution < -0.4 is 16.0 Å². The van der Waals surface area contributed by atoms with Crippen molar-refractivity contribution in [2.75, 3.05) is 26.0 Å². The van der Waals surface area contributed by atoms with Crippen molar-refractivity contribution in [2.45, 2.75) is 49.4 Å². The normalized spacial score (nSPS) is 27.1. The van der Waals surface area contributed by atoms with Gasteiger partial charge in [-0.3, -0.25) is 4.79 Å². The molecule has 21 heavy (non-hydrogen) atoms. The standard InChI is InChI=1S/C14H25N3O3S/c1-20-8-4-7-15-12(18)6-3-2-5-11-13-10(9-21-11)16-14(19)17-13/h10-11,13H,2-9H2,1H3,(H,15,18)(H2,16,17,19)/t10?,11-,13?/m0/s1. The molecule has 2 unspecified atom stereocenters. The summed E-state index contributed by atoms with van der Waals surface area (Å²) in [5.41, 5.74) is 0. The smallest absolute Gasteiger partial charge is 0.315 e. The third-order valence-corrected chi connectivity index (χ3v) is 5.44. The van der Waals surface area contributed by atoms with Crippen LogP contribution in [0.25, 0.3) is 0 Å². The van der Waals surface area contributed by atoms with Gasteiger partial charge in [0.15, 0.2) is 0 Å². The second-order valence-electron chi connectivity index (χ2n) is 5.56. The van der Waals surface area contributed by atoms with Gasteiger partial charge in [-0.2, -0.15) is 11.8 Å². The van der Waals surface area contributed by atoms with Crippen molar-refractivity contribution < 1.29 is 14.3 Å². The van der Waals surface area contributed by atoms with Gasteiger partial charge in [0.1, 0.15) is 0 Å². The zero-order chi connectivity index (χ0) is 15.1. The SMILES string of the molecule is COCCCNC(=O)CCCC[C@@H]1SCC2NC(=O)NC21. The Morgan fingerprint density at radius 1 is 1.38 bits per heavy atom. The van der Waals surface area contributed by atoms with Crippen LogP contribution >= 0.6 is 11.8 Å². The van der Waals surface area contributed by atoms with E-state index in [0.29, 0.717) is 24.8 Å². The molecule has 6 nitrogen and oxygen atoms in total. The molecule has 0 aliphatic carbocycles. The highest BCUT2D eigenvalue weighted by Gasteiger charge is 2.42. The summed E-state index contributed by atoms with van der Waals surface area (Å²) < 4.78 is 4.93. The van der Waals surface area contributed by atoms with Gasteiger partial charge < -0.3 is 20.7 Å². The first-order chi connectivity index (χ1) is 10.2. The first-order valence-electron chi connectivity index (χ1n) is 7.65. The highest BCUT2D eigenvalue weighted by molar-refractivity contribution is 8.00. The molecule has 3 N–H and O–H groups in total. The van der Waals surface area contributed by atoms with Gasteiger partial charge in [0.2, 0.25) is 5.91 Å². The number of nitrogens with one attached hydrogen (secondary N) is 3. The molecule has 120 valence electrons. The number of rotatable bonds is 9. The van der Waals surface area contributed by atoms with Crippen LogP contribution in [0.5, 0.6) is 0 Å². The monoisotopic (exact) mass is 315 g/mol. The summed E-state index contributed by atoms with van der Waals surface area (Å²) >= 11 is 1.92. The first kappa shape index (κ1) is 16.4. The van der Waals surface area contributed by atoms with E-state index in [9.17, 15) is 9.59 Å². The summed E-state index contributed by atoms with van der Waals surface area (Å²) in [6, 6.07) is 0.521. The molecular weight excluding hydrogens is 290 g/mol. The molecule has 2 fully saturated rings. The quantitative estimate of drug-likeness (QED) is 0.436. The Morgan fingerprint density at radius 2 is 2.24 bits per heavy atom.